The lowest BCUT2D eigenvalue weighted by Crippen LogP contribution is -2.38. The SMILES string of the molecule is C1=CC[C@H](CN2CCC[C@H](c3[nH]ncc3-c3ccccc3)C2)CC1. The van der Waals surface area contributed by atoms with Gasteiger partial charge in [0.05, 0.1) is 6.20 Å². The molecule has 24 heavy (non-hydrogen) atoms. The molecule has 1 aromatic heterocycles. The van der Waals surface area contributed by atoms with E-state index in [4.69, 9.17) is 0 Å². The molecular weight excluding hydrogens is 294 g/mol. The van der Waals surface area contributed by atoms with Gasteiger partial charge in [0.25, 0.3) is 0 Å². The number of likely N-dealkylation sites (tertiary alicyclic amines) is 1. The first-order valence-electron chi connectivity index (χ1n) is 9.36. The highest BCUT2D eigenvalue weighted by Gasteiger charge is 2.26. The molecule has 1 aliphatic carbocycles. The normalized spacial score (nSPS) is 25.0. The van der Waals surface area contributed by atoms with Crippen LogP contribution >= 0.6 is 0 Å². The fourth-order valence-electron chi connectivity index (χ4n) is 4.30. The summed E-state index contributed by atoms with van der Waals surface area (Å²) in [6.45, 7) is 3.68. The smallest absolute Gasteiger partial charge is 0.0568 e. The van der Waals surface area contributed by atoms with Crippen LogP contribution in [0.25, 0.3) is 11.1 Å². The Bertz CT molecular complexity index is 673. The second-order valence-corrected chi connectivity index (χ2v) is 7.31. The van der Waals surface area contributed by atoms with Crippen molar-refractivity contribution >= 4 is 0 Å². The van der Waals surface area contributed by atoms with Gasteiger partial charge < -0.3 is 4.90 Å². The van der Waals surface area contributed by atoms with Gasteiger partial charge in [0, 0.05) is 30.3 Å². The van der Waals surface area contributed by atoms with Gasteiger partial charge in [0.2, 0.25) is 0 Å². The largest absolute Gasteiger partial charge is 0.302 e. The van der Waals surface area contributed by atoms with E-state index in [1.165, 1.54) is 68.6 Å². The molecule has 1 saturated heterocycles. The molecule has 1 aromatic carbocycles. The molecule has 2 aromatic rings. The zero-order valence-electron chi connectivity index (χ0n) is 14.3. The Morgan fingerprint density at radius 1 is 1.12 bits per heavy atom. The topological polar surface area (TPSA) is 31.9 Å². The summed E-state index contributed by atoms with van der Waals surface area (Å²) in [6, 6.07) is 10.7. The van der Waals surface area contributed by atoms with Gasteiger partial charge in [-0.05, 0) is 50.1 Å². The molecule has 126 valence electrons. The third kappa shape index (κ3) is 3.46. The zero-order valence-corrected chi connectivity index (χ0v) is 14.3. The highest BCUT2D eigenvalue weighted by atomic mass is 15.2. The van der Waals surface area contributed by atoms with Gasteiger partial charge in [0.15, 0.2) is 0 Å². The average molecular weight is 321 g/mol. The van der Waals surface area contributed by atoms with Gasteiger partial charge in [0.1, 0.15) is 0 Å². The summed E-state index contributed by atoms with van der Waals surface area (Å²) in [5.41, 5.74) is 3.88. The van der Waals surface area contributed by atoms with Crippen LogP contribution in [0.5, 0.6) is 0 Å². The van der Waals surface area contributed by atoms with Crippen molar-refractivity contribution in [1.82, 2.24) is 15.1 Å². The van der Waals surface area contributed by atoms with E-state index < -0.39 is 0 Å². The van der Waals surface area contributed by atoms with E-state index in [1.54, 1.807) is 0 Å². The lowest BCUT2D eigenvalue weighted by molar-refractivity contribution is 0.173. The maximum atomic E-state index is 4.36. The van der Waals surface area contributed by atoms with Gasteiger partial charge in [-0.2, -0.15) is 5.10 Å². The Morgan fingerprint density at radius 2 is 2.04 bits per heavy atom. The van der Waals surface area contributed by atoms with E-state index in [-0.39, 0.29) is 0 Å². The van der Waals surface area contributed by atoms with Crippen LogP contribution in [0, 0.1) is 5.92 Å². The maximum Gasteiger partial charge on any atom is 0.0568 e. The molecule has 1 fully saturated rings. The van der Waals surface area contributed by atoms with Crippen molar-refractivity contribution in [2.45, 2.75) is 38.0 Å². The van der Waals surface area contributed by atoms with Gasteiger partial charge in [-0.3, -0.25) is 5.10 Å². The van der Waals surface area contributed by atoms with Crippen LogP contribution in [-0.4, -0.2) is 34.7 Å². The molecule has 0 amide bonds. The Kier molecular flexibility index (Phi) is 4.79. The average Bonchev–Trinajstić information content (AvgIpc) is 3.13. The molecule has 0 spiro atoms. The summed E-state index contributed by atoms with van der Waals surface area (Å²) < 4.78 is 0. The Morgan fingerprint density at radius 3 is 2.88 bits per heavy atom. The van der Waals surface area contributed by atoms with E-state index >= 15 is 0 Å². The molecule has 4 rings (SSSR count). The van der Waals surface area contributed by atoms with Crippen molar-refractivity contribution in [3.05, 3.63) is 54.4 Å². The number of aromatic nitrogens is 2. The summed E-state index contributed by atoms with van der Waals surface area (Å²) in [7, 11) is 0. The molecule has 0 bridgehead atoms. The molecule has 2 atom stereocenters. The summed E-state index contributed by atoms with van der Waals surface area (Å²) in [6.07, 6.45) is 13.2. The Balaban J connectivity index is 1.47. The van der Waals surface area contributed by atoms with Crippen LogP contribution < -0.4 is 0 Å². The Hall–Kier alpha value is -1.87. The van der Waals surface area contributed by atoms with Crippen LogP contribution in [0.15, 0.2) is 48.7 Å². The first kappa shape index (κ1) is 15.6. The van der Waals surface area contributed by atoms with Crippen molar-refractivity contribution in [3.8, 4) is 11.1 Å². The summed E-state index contributed by atoms with van der Waals surface area (Å²) >= 11 is 0. The maximum absolute atomic E-state index is 4.36. The van der Waals surface area contributed by atoms with Crippen LogP contribution in [0.4, 0.5) is 0 Å². The quantitative estimate of drug-likeness (QED) is 0.834. The number of nitrogens with zero attached hydrogens (tertiary/aromatic N) is 2. The second kappa shape index (κ2) is 7.35. The fourth-order valence-corrected chi connectivity index (χ4v) is 4.30. The molecule has 0 radical (unpaired) electrons. The third-order valence-electron chi connectivity index (χ3n) is 5.56. The third-order valence-corrected chi connectivity index (χ3v) is 5.56. The van der Waals surface area contributed by atoms with E-state index in [9.17, 15) is 0 Å². The number of rotatable bonds is 4. The summed E-state index contributed by atoms with van der Waals surface area (Å²) in [5.74, 6) is 1.43. The number of hydrogen-bond acceptors (Lipinski definition) is 2. The van der Waals surface area contributed by atoms with Crippen molar-refractivity contribution < 1.29 is 0 Å². The number of allylic oxidation sites excluding steroid dienone is 2. The second-order valence-electron chi connectivity index (χ2n) is 7.31. The summed E-state index contributed by atoms with van der Waals surface area (Å²) in [4.78, 5) is 2.69. The van der Waals surface area contributed by atoms with E-state index in [0.29, 0.717) is 5.92 Å². The first-order valence-corrected chi connectivity index (χ1v) is 9.36. The van der Waals surface area contributed by atoms with Crippen LogP contribution in [-0.2, 0) is 0 Å². The molecule has 2 aliphatic rings. The number of nitrogens with one attached hydrogen (secondary N) is 1. The van der Waals surface area contributed by atoms with Crippen molar-refractivity contribution in [1.29, 1.82) is 0 Å². The van der Waals surface area contributed by atoms with Crippen molar-refractivity contribution in [3.63, 3.8) is 0 Å². The van der Waals surface area contributed by atoms with E-state index in [1.807, 2.05) is 6.20 Å². The number of H-pyrrole nitrogens is 1. The molecule has 0 saturated carbocycles. The van der Waals surface area contributed by atoms with E-state index in [2.05, 4.69) is 57.6 Å². The predicted octanol–water partition coefficient (Wildman–Crippen LogP) is 4.61. The molecule has 1 aliphatic heterocycles. The van der Waals surface area contributed by atoms with Gasteiger partial charge in [-0.15, -0.1) is 0 Å². The Labute approximate surface area is 144 Å². The van der Waals surface area contributed by atoms with Gasteiger partial charge >= 0.3 is 0 Å². The standard InChI is InChI=1S/C21H27N3/c1-3-8-17(9-4-1)15-24-13-7-12-19(16-24)21-20(14-22-23-21)18-10-5-2-6-11-18/h1-3,5-6,10-11,14,17,19H,4,7-9,12-13,15-16H2,(H,22,23)/t17-,19-/m0/s1. The zero-order chi connectivity index (χ0) is 16.2. The molecule has 2 heterocycles. The highest BCUT2D eigenvalue weighted by Crippen LogP contribution is 2.33. The highest BCUT2D eigenvalue weighted by molar-refractivity contribution is 5.65. The van der Waals surface area contributed by atoms with Crippen LogP contribution in [0.1, 0.15) is 43.7 Å². The lowest BCUT2D eigenvalue weighted by atomic mass is 9.88. The minimum atomic E-state index is 0.579. The predicted molar refractivity (Wildman–Crippen MR) is 98.9 cm³/mol. The van der Waals surface area contributed by atoms with E-state index in [0.717, 1.165) is 5.92 Å². The van der Waals surface area contributed by atoms with Crippen molar-refractivity contribution in [2.75, 3.05) is 19.6 Å². The summed E-state index contributed by atoms with van der Waals surface area (Å²) in [5, 5.41) is 7.67. The van der Waals surface area contributed by atoms with Crippen molar-refractivity contribution in [2.24, 2.45) is 5.92 Å². The number of piperidine rings is 1. The number of hydrogen-bond donors (Lipinski definition) is 1. The van der Waals surface area contributed by atoms with Crippen LogP contribution in [0.2, 0.25) is 0 Å². The van der Waals surface area contributed by atoms with Gasteiger partial charge in [-0.25, -0.2) is 0 Å². The first-order chi connectivity index (χ1) is 11.9. The molecule has 1 N–H and O–H groups in total. The number of aromatic amines is 1. The fraction of sp³-hybridized carbons (Fsp3) is 0.476. The minimum absolute atomic E-state index is 0.579. The lowest BCUT2D eigenvalue weighted by Gasteiger charge is -2.35. The van der Waals surface area contributed by atoms with Crippen LogP contribution in [0.3, 0.4) is 0 Å². The molecular formula is C21H27N3. The minimum Gasteiger partial charge on any atom is -0.302 e. The number of benzene rings is 1. The monoisotopic (exact) mass is 321 g/mol. The van der Waals surface area contributed by atoms with Gasteiger partial charge in [-0.1, -0.05) is 42.5 Å². The molecule has 0 unspecified atom stereocenters. The molecule has 3 nitrogen and oxygen atoms in total. The molecule has 3 heteroatoms.